The molecule has 0 atom stereocenters. The highest BCUT2D eigenvalue weighted by molar-refractivity contribution is 7.92. The molecule has 0 saturated carbocycles. The van der Waals surface area contributed by atoms with E-state index in [4.69, 9.17) is 22.1 Å². The number of aliphatic imine (C=N–C) groups is 1. The number of sulfonamides is 1. The number of nitrogens with two attached hydrogens (primary N) is 1. The lowest BCUT2D eigenvalue weighted by atomic mass is 9.78. The minimum Gasteiger partial charge on any atom is -0.493 e. The maximum Gasteiger partial charge on any atom is 0.573 e. The van der Waals surface area contributed by atoms with Crippen LogP contribution in [-0.2, 0) is 15.4 Å². The van der Waals surface area contributed by atoms with Crippen LogP contribution in [0.25, 0.3) is 10.1 Å². The summed E-state index contributed by atoms with van der Waals surface area (Å²) in [5.41, 5.74) is 7.60. The third-order valence-corrected chi connectivity index (χ3v) is 8.31. The molecule has 7 nitrogen and oxygen atoms in total. The fourth-order valence-electron chi connectivity index (χ4n) is 4.28. The van der Waals surface area contributed by atoms with E-state index in [2.05, 4.69) is 14.5 Å². The Kier molecular flexibility index (Phi) is 9.24. The predicted molar refractivity (Wildman–Crippen MR) is 168 cm³/mol. The number of rotatable bonds is 10. The van der Waals surface area contributed by atoms with Crippen LogP contribution in [0.4, 0.5) is 24.5 Å². The van der Waals surface area contributed by atoms with Gasteiger partial charge in [-0.3, -0.25) is 4.72 Å². The molecule has 0 bridgehead atoms. The highest BCUT2D eigenvalue weighted by Gasteiger charge is 2.33. The first-order valence-electron chi connectivity index (χ1n) is 13.1. The summed E-state index contributed by atoms with van der Waals surface area (Å²) in [6, 6.07) is 16.3. The van der Waals surface area contributed by atoms with Crippen molar-refractivity contribution in [1.82, 2.24) is 0 Å². The molecule has 1 heterocycles. The van der Waals surface area contributed by atoms with Crippen molar-refractivity contribution >= 4 is 60.3 Å². The van der Waals surface area contributed by atoms with Crippen LogP contribution in [0.3, 0.4) is 0 Å². The van der Waals surface area contributed by atoms with Gasteiger partial charge in [0.1, 0.15) is 17.3 Å². The molecule has 230 valence electrons. The van der Waals surface area contributed by atoms with E-state index in [0.717, 1.165) is 16.3 Å². The molecule has 0 aliphatic carbocycles. The molecular weight excluding hydrogens is 623 g/mol. The Morgan fingerprint density at radius 3 is 2.35 bits per heavy atom. The van der Waals surface area contributed by atoms with E-state index in [-0.39, 0.29) is 23.3 Å². The van der Waals surface area contributed by atoms with Crippen molar-refractivity contribution in [3.8, 4) is 11.5 Å². The van der Waals surface area contributed by atoms with E-state index >= 15 is 0 Å². The SMILES string of the molecule is CC(C)COc1cc(OC(F)(F)F)cc(C(C)(C)c2cc(Cl)cc(N=C(N)c3cc4cc(NS(C)(=O)=O)ccc4s3)c2)c1. The second kappa shape index (κ2) is 12.3. The van der Waals surface area contributed by atoms with Gasteiger partial charge in [0.25, 0.3) is 0 Å². The van der Waals surface area contributed by atoms with E-state index in [0.29, 0.717) is 39.0 Å². The van der Waals surface area contributed by atoms with Crippen molar-refractivity contribution in [1.29, 1.82) is 0 Å². The van der Waals surface area contributed by atoms with Crippen molar-refractivity contribution in [2.75, 3.05) is 17.6 Å². The van der Waals surface area contributed by atoms with E-state index in [1.54, 1.807) is 42.5 Å². The van der Waals surface area contributed by atoms with Crippen molar-refractivity contribution < 1.29 is 31.1 Å². The summed E-state index contributed by atoms with van der Waals surface area (Å²) in [7, 11) is -3.43. The Hall–Kier alpha value is -3.48. The van der Waals surface area contributed by atoms with Gasteiger partial charge in [-0.25, -0.2) is 13.4 Å². The number of thiophene rings is 1. The number of ether oxygens (including phenoxy) is 2. The monoisotopic (exact) mass is 653 g/mol. The number of fused-ring (bicyclic) bond motifs is 1. The Morgan fingerprint density at radius 1 is 1.02 bits per heavy atom. The van der Waals surface area contributed by atoms with Gasteiger partial charge in [-0.05, 0) is 77.0 Å². The quantitative estimate of drug-likeness (QED) is 0.133. The average molecular weight is 654 g/mol. The summed E-state index contributed by atoms with van der Waals surface area (Å²) in [5.74, 6) is 0.244. The molecule has 3 N–H and O–H groups in total. The molecule has 0 radical (unpaired) electrons. The minimum atomic E-state index is -4.87. The lowest BCUT2D eigenvalue weighted by Gasteiger charge is -2.28. The summed E-state index contributed by atoms with van der Waals surface area (Å²) < 4.78 is 75.9. The first-order chi connectivity index (χ1) is 19.9. The first kappa shape index (κ1) is 32.4. The van der Waals surface area contributed by atoms with E-state index in [9.17, 15) is 21.6 Å². The van der Waals surface area contributed by atoms with Crippen LogP contribution < -0.4 is 19.9 Å². The second-order valence-corrected chi connectivity index (χ2v) is 14.3. The fraction of sp³-hybridized carbons (Fsp3) is 0.300. The molecule has 13 heteroatoms. The lowest BCUT2D eigenvalue weighted by Crippen LogP contribution is -2.21. The largest absolute Gasteiger partial charge is 0.573 e. The number of anilines is 1. The van der Waals surface area contributed by atoms with Gasteiger partial charge in [-0.15, -0.1) is 24.5 Å². The van der Waals surface area contributed by atoms with Gasteiger partial charge in [0, 0.05) is 26.9 Å². The van der Waals surface area contributed by atoms with E-state index in [1.807, 2.05) is 33.8 Å². The van der Waals surface area contributed by atoms with Crippen LogP contribution in [0.5, 0.6) is 11.5 Å². The topological polar surface area (TPSA) is 103 Å². The van der Waals surface area contributed by atoms with Gasteiger partial charge >= 0.3 is 6.36 Å². The molecule has 4 aromatic rings. The summed E-state index contributed by atoms with van der Waals surface area (Å²) in [4.78, 5) is 5.24. The molecule has 43 heavy (non-hydrogen) atoms. The maximum absolute atomic E-state index is 13.1. The second-order valence-electron chi connectivity index (χ2n) is 11.0. The lowest BCUT2D eigenvalue weighted by molar-refractivity contribution is -0.274. The number of amidine groups is 1. The van der Waals surface area contributed by atoms with Gasteiger partial charge in [0.15, 0.2) is 0 Å². The van der Waals surface area contributed by atoms with Crippen molar-refractivity contribution in [3.05, 3.63) is 81.7 Å². The predicted octanol–water partition coefficient (Wildman–Crippen LogP) is 8.22. The van der Waals surface area contributed by atoms with E-state index < -0.39 is 21.8 Å². The summed E-state index contributed by atoms with van der Waals surface area (Å²) in [6.45, 7) is 7.89. The molecule has 0 fully saturated rings. The molecule has 0 spiro atoms. The van der Waals surface area contributed by atoms with Crippen LogP contribution in [0.1, 0.15) is 43.7 Å². The minimum absolute atomic E-state index is 0.162. The molecule has 0 aliphatic heterocycles. The molecule has 0 unspecified atom stereocenters. The Balaban J connectivity index is 1.70. The van der Waals surface area contributed by atoms with Crippen LogP contribution >= 0.6 is 22.9 Å². The fourth-order valence-corrected chi connectivity index (χ4v) is 6.01. The van der Waals surface area contributed by atoms with Gasteiger partial charge in [0.05, 0.1) is 23.4 Å². The molecule has 0 amide bonds. The molecule has 0 aliphatic rings. The standard InChI is InChI=1S/C30H31ClF3N3O4S2/c1-17(2)16-40-24-12-20(13-25(15-24)41-30(32,33)34)29(3,4)19-10-21(31)14-23(11-19)36-28(35)27-9-18-8-22(37-43(5,38)39)6-7-26(18)42-27/h6-15,17,37H,16H2,1-5H3,(H2,35,36). The number of nitrogens with zero attached hydrogens (tertiary/aromatic N) is 1. The zero-order chi connectivity index (χ0) is 31.7. The Morgan fingerprint density at radius 2 is 1.70 bits per heavy atom. The number of hydrogen-bond donors (Lipinski definition) is 2. The third-order valence-electron chi connectivity index (χ3n) is 6.34. The van der Waals surface area contributed by atoms with Gasteiger partial charge in [0.2, 0.25) is 10.0 Å². The number of halogens is 4. The van der Waals surface area contributed by atoms with Crippen LogP contribution in [0.15, 0.2) is 65.7 Å². The van der Waals surface area contributed by atoms with Gasteiger partial charge < -0.3 is 15.2 Å². The molecule has 4 rings (SSSR count). The highest BCUT2D eigenvalue weighted by Crippen LogP contribution is 2.40. The Labute approximate surface area is 257 Å². The molecule has 3 aromatic carbocycles. The highest BCUT2D eigenvalue weighted by atomic mass is 35.5. The normalized spacial score (nSPS) is 13.0. The number of nitrogens with one attached hydrogen (secondary N) is 1. The summed E-state index contributed by atoms with van der Waals surface area (Å²) in [5, 5.41) is 1.15. The molecule has 0 saturated heterocycles. The van der Waals surface area contributed by atoms with Crippen LogP contribution in [0, 0.1) is 5.92 Å². The third kappa shape index (κ3) is 8.77. The van der Waals surface area contributed by atoms with Crippen molar-refractivity contribution in [2.45, 2.75) is 39.5 Å². The molecular formula is C30H31ClF3N3O4S2. The van der Waals surface area contributed by atoms with Crippen LogP contribution in [0.2, 0.25) is 5.02 Å². The van der Waals surface area contributed by atoms with Crippen LogP contribution in [-0.4, -0.2) is 33.5 Å². The summed E-state index contributed by atoms with van der Waals surface area (Å²) >= 11 is 7.87. The zero-order valence-corrected chi connectivity index (χ0v) is 26.4. The van der Waals surface area contributed by atoms with Crippen molar-refractivity contribution in [2.24, 2.45) is 16.6 Å². The Bertz CT molecular complexity index is 1790. The van der Waals surface area contributed by atoms with Gasteiger partial charge in [-0.2, -0.15) is 0 Å². The average Bonchev–Trinajstić information content (AvgIpc) is 3.29. The van der Waals surface area contributed by atoms with Crippen molar-refractivity contribution in [3.63, 3.8) is 0 Å². The molecule has 1 aromatic heterocycles. The number of alkyl halides is 3. The zero-order valence-electron chi connectivity index (χ0n) is 24.0. The number of hydrogen-bond acceptors (Lipinski definition) is 6. The first-order valence-corrected chi connectivity index (χ1v) is 16.2. The number of benzene rings is 3. The van der Waals surface area contributed by atoms with Gasteiger partial charge in [-0.1, -0.05) is 39.3 Å². The maximum atomic E-state index is 13.1. The smallest absolute Gasteiger partial charge is 0.493 e. The summed E-state index contributed by atoms with van der Waals surface area (Å²) in [6.07, 6.45) is -3.79. The van der Waals surface area contributed by atoms with E-state index in [1.165, 1.54) is 23.5 Å².